The molecule has 0 fully saturated rings. The Hall–Kier alpha value is -4.79. The fourth-order valence-corrected chi connectivity index (χ4v) is 3.10. The monoisotopic (exact) mass is 542 g/mol. The first-order valence-corrected chi connectivity index (χ1v) is 12.8. The van der Waals surface area contributed by atoms with Gasteiger partial charge < -0.3 is 20.1 Å². The highest BCUT2D eigenvalue weighted by molar-refractivity contribution is 6.04. The summed E-state index contributed by atoms with van der Waals surface area (Å²) in [5, 5.41) is 14.2. The lowest BCUT2D eigenvalue weighted by Gasteiger charge is -2.17. The van der Waals surface area contributed by atoms with Crippen LogP contribution in [0.2, 0.25) is 0 Å². The van der Waals surface area contributed by atoms with Crippen molar-refractivity contribution in [3.8, 4) is 5.75 Å². The highest BCUT2D eigenvalue weighted by Gasteiger charge is 2.21. The maximum Gasteiger partial charge on any atom is 0.333 e. The molecule has 0 aliphatic heterocycles. The molecule has 3 rings (SSSR count). The van der Waals surface area contributed by atoms with Crippen molar-refractivity contribution >= 4 is 40.5 Å². The van der Waals surface area contributed by atoms with Gasteiger partial charge in [-0.15, -0.1) is 0 Å². The molecule has 0 aliphatic rings. The Kier molecular flexibility index (Phi) is 10.3. The van der Waals surface area contributed by atoms with E-state index in [1.807, 2.05) is 20.8 Å². The molecule has 0 unspecified atom stereocenters. The van der Waals surface area contributed by atoms with Gasteiger partial charge in [-0.05, 0) is 79.7 Å². The van der Waals surface area contributed by atoms with Crippen LogP contribution in [-0.4, -0.2) is 31.0 Å². The zero-order valence-electron chi connectivity index (χ0n) is 23.2. The van der Waals surface area contributed by atoms with Crippen molar-refractivity contribution in [3.63, 3.8) is 0 Å². The van der Waals surface area contributed by atoms with Crippen LogP contribution < -0.4 is 15.4 Å². The zero-order chi connectivity index (χ0) is 29.1. The van der Waals surface area contributed by atoms with Crippen molar-refractivity contribution in [1.82, 2.24) is 0 Å². The topological polar surface area (TPSA) is 118 Å². The molecule has 9 heteroatoms. The number of carbonyl (C=O) groups excluding carboxylic acids is 3. The van der Waals surface area contributed by atoms with E-state index in [0.29, 0.717) is 52.7 Å². The minimum atomic E-state index is -0.477. The number of nitrogens with zero attached hydrogens (tertiary/aromatic N) is 2. The Morgan fingerprint density at radius 3 is 1.80 bits per heavy atom. The quantitative estimate of drug-likeness (QED) is 0.115. The fourth-order valence-electron chi connectivity index (χ4n) is 3.10. The van der Waals surface area contributed by atoms with Crippen LogP contribution in [-0.2, 0) is 14.3 Å². The molecule has 0 spiro atoms. The minimum Gasteiger partial charge on any atom is -0.493 e. The van der Waals surface area contributed by atoms with E-state index in [1.165, 1.54) is 0 Å². The summed E-state index contributed by atoms with van der Waals surface area (Å²) in [6, 6.07) is 20.9. The molecule has 208 valence electrons. The normalized spacial score (nSPS) is 11.1. The number of hydrogen-bond acceptors (Lipinski definition) is 7. The zero-order valence-corrected chi connectivity index (χ0v) is 23.2. The molecule has 0 heterocycles. The number of anilines is 2. The van der Waals surface area contributed by atoms with Crippen LogP contribution in [0.25, 0.3) is 0 Å². The molecule has 0 atom stereocenters. The molecule has 0 radical (unpaired) electrons. The van der Waals surface area contributed by atoms with Crippen LogP contribution in [0.1, 0.15) is 44.5 Å². The third-order valence-corrected chi connectivity index (χ3v) is 5.47. The van der Waals surface area contributed by atoms with Crippen LogP contribution >= 0.6 is 0 Å². The molecule has 0 saturated carbocycles. The Labute approximate surface area is 234 Å². The van der Waals surface area contributed by atoms with Crippen LogP contribution in [0.15, 0.2) is 95.2 Å². The van der Waals surface area contributed by atoms with E-state index < -0.39 is 11.4 Å². The summed E-state index contributed by atoms with van der Waals surface area (Å²) in [6.07, 6.45) is 0.542. The summed E-state index contributed by atoms with van der Waals surface area (Å²) >= 11 is 0. The van der Waals surface area contributed by atoms with Gasteiger partial charge in [-0.25, -0.2) is 4.79 Å². The number of amides is 2. The molecule has 0 aromatic heterocycles. The van der Waals surface area contributed by atoms with Gasteiger partial charge in [0.2, 0.25) is 5.91 Å². The smallest absolute Gasteiger partial charge is 0.333 e. The van der Waals surface area contributed by atoms with Crippen molar-refractivity contribution in [2.45, 2.75) is 34.1 Å². The van der Waals surface area contributed by atoms with Crippen LogP contribution in [0.3, 0.4) is 0 Å². The summed E-state index contributed by atoms with van der Waals surface area (Å²) in [4.78, 5) is 36.1. The second-order valence-corrected chi connectivity index (χ2v) is 10.1. The van der Waals surface area contributed by atoms with E-state index in [1.54, 1.807) is 79.7 Å². The lowest BCUT2D eigenvalue weighted by atomic mass is 9.95. The number of rotatable bonds is 11. The Morgan fingerprint density at radius 1 is 0.775 bits per heavy atom. The Balaban J connectivity index is 1.45. The van der Waals surface area contributed by atoms with Crippen LogP contribution in [0.5, 0.6) is 5.75 Å². The average Bonchev–Trinajstić information content (AvgIpc) is 2.93. The van der Waals surface area contributed by atoms with Gasteiger partial charge in [0.25, 0.3) is 5.91 Å². The van der Waals surface area contributed by atoms with Crippen molar-refractivity contribution in [2.24, 2.45) is 15.6 Å². The van der Waals surface area contributed by atoms with Crippen LogP contribution in [0, 0.1) is 5.41 Å². The lowest BCUT2D eigenvalue weighted by Crippen LogP contribution is -2.27. The van der Waals surface area contributed by atoms with Gasteiger partial charge >= 0.3 is 5.97 Å². The van der Waals surface area contributed by atoms with Crippen molar-refractivity contribution in [3.05, 3.63) is 90.5 Å². The van der Waals surface area contributed by atoms with E-state index in [4.69, 9.17) is 9.47 Å². The van der Waals surface area contributed by atoms with Gasteiger partial charge in [-0.3, -0.25) is 9.59 Å². The van der Waals surface area contributed by atoms with E-state index in [9.17, 15) is 14.4 Å². The minimum absolute atomic E-state index is 0.0624. The molecule has 0 aliphatic carbocycles. The van der Waals surface area contributed by atoms with Crippen LogP contribution in [0.4, 0.5) is 22.7 Å². The molecule has 0 saturated heterocycles. The highest BCUT2D eigenvalue weighted by atomic mass is 16.5. The van der Waals surface area contributed by atoms with Gasteiger partial charge in [0.05, 0.1) is 24.6 Å². The third kappa shape index (κ3) is 9.50. The van der Waals surface area contributed by atoms with E-state index in [-0.39, 0.29) is 18.4 Å². The maximum atomic E-state index is 12.6. The van der Waals surface area contributed by atoms with E-state index in [2.05, 4.69) is 27.4 Å². The van der Waals surface area contributed by atoms with Crippen molar-refractivity contribution < 1.29 is 23.9 Å². The highest BCUT2D eigenvalue weighted by Crippen LogP contribution is 2.23. The molecular weight excluding hydrogens is 508 g/mol. The molecule has 2 N–H and O–H groups in total. The molecular formula is C31H34N4O5. The number of hydrogen-bond donors (Lipinski definition) is 2. The summed E-state index contributed by atoms with van der Waals surface area (Å²) in [6.45, 7) is 11.3. The van der Waals surface area contributed by atoms with Gasteiger partial charge in [0, 0.05) is 34.3 Å². The summed E-state index contributed by atoms with van der Waals surface area (Å²) in [5.41, 5.74) is 2.94. The number of nitrogens with one attached hydrogen (secondary N) is 2. The summed E-state index contributed by atoms with van der Waals surface area (Å²) in [5.74, 6) is -0.124. The first kappa shape index (κ1) is 29.8. The predicted octanol–water partition coefficient (Wildman–Crippen LogP) is 7.23. The van der Waals surface area contributed by atoms with Gasteiger partial charge in [-0.1, -0.05) is 27.4 Å². The first-order chi connectivity index (χ1) is 19.0. The number of benzene rings is 3. The largest absolute Gasteiger partial charge is 0.493 e. The summed E-state index contributed by atoms with van der Waals surface area (Å²) in [7, 11) is 0. The third-order valence-electron chi connectivity index (χ3n) is 5.47. The number of ether oxygens (including phenoxy) is 2. The fraction of sp³-hybridized carbons (Fsp3) is 0.258. The van der Waals surface area contributed by atoms with E-state index >= 15 is 0 Å². The second-order valence-electron chi connectivity index (χ2n) is 10.1. The molecule has 40 heavy (non-hydrogen) atoms. The molecule has 3 aromatic rings. The van der Waals surface area contributed by atoms with Crippen molar-refractivity contribution in [1.29, 1.82) is 0 Å². The molecule has 2 amide bonds. The first-order valence-electron chi connectivity index (χ1n) is 12.8. The van der Waals surface area contributed by atoms with Gasteiger partial charge in [0.1, 0.15) is 5.75 Å². The number of azo groups is 1. The maximum absolute atomic E-state index is 12.6. The average molecular weight is 543 g/mol. The standard InChI is InChI=1S/C31H34N4O5/c1-21(2)29(37)40-20-6-19-39-27-17-7-22(8-18-27)28(36)32-23-9-13-25(14-10-23)34-35-26-15-11-24(12-16-26)33-30(38)31(3,4)5/h7-18H,1,6,19-20H2,2-5H3,(H,32,36)(H,33,38). The molecule has 9 nitrogen and oxygen atoms in total. The van der Waals surface area contributed by atoms with Crippen molar-refractivity contribution in [2.75, 3.05) is 23.8 Å². The lowest BCUT2D eigenvalue weighted by molar-refractivity contribution is -0.139. The SMILES string of the molecule is C=C(C)C(=O)OCCCOc1ccc(C(=O)Nc2ccc(N=Nc3ccc(NC(=O)C(C)(C)C)cc3)cc2)cc1. The second kappa shape index (κ2) is 13.8. The predicted molar refractivity (Wildman–Crippen MR) is 155 cm³/mol. The molecule has 0 bridgehead atoms. The van der Waals surface area contributed by atoms with Gasteiger partial charge in [-0.2, -0.15) is 10.2 Å². The number of carbonyl (C=O) groups is 3. The van der Waals surface area contributed by atoms with E-state index in [0.717, 1.165) is 0 Å². The Morgan fingerprint density at radius 2 is 1.30 bits per heavy atom. The summed E-state index contributed by atoms with van der Waals surface area (Å²) < 4.78 is 10.6. The number of esters is 1. The van der Waals surface area contributed by atoms with Gasteiger partial charge in [0.15, 0.2) is 0 Å². The Bertz CT molecular complexity index is 1360. The molecule has 3 aromatic carbocycles.